The first kappa shape index (κ1) is 20.7. The van der Waals surface area contributed by atoms with Crippen molar-refractivity contribution in [3.8, 4) is 0 Å². The molecule has 0 radical (unpaired) electrons. The molecule has 3 aromatic carbocycles. The molecule has 9 heteroatoms. The summed E-state index contributed by atoms with van der Waals surface area (Å²) in [6, 6.07) is 24.9. The summed E-state index contributed by atoms with van der Waals surface area (Å²) in [5.41, 5.74) is 2.01. The zero-order valence-electron chi connectivity index (χ0n) is 17.0. The number of carbonyl (C=O) groups is 1. The molecule has 9 nitrogen and oxygen atoms in total. The number of hydrogen-bond acceptors (Lipinski definition) is 7. The van der Waals surface area contributed by atoms with E-state index in [1.165, 1.54) is 24.3 Å². The molecule has 1 aromatic heterocycles. The van der Waals surface area contributed by atoms with E-state index in [2.05, 4.69) is 20.7 Å². The van der Waals surface area contributed by atoms with Gasteiger partial charge in [0.1, 0.15) is 0 Å². The second-order valence-corrected chi connectivity index (χ2v) is 6.96. The summed E-state index contributed by atoms with van der Waals surface area (Å²) in [7, 11) is 0. The molecule has 0 saturated carbocycles. The Hall–Kier alpha value is -4.53. The average Bonchev–Trinajstić information content (AvgIpc) is 3.25. The SMILES string of the molecule is O=C(c1cccc([N+](=O)[O-])c1)n1nc(NCc2ccccc2)nc1NCc1ccccc1. The van der Waals surface area contributed by atoms with E-state index in [9.17, 15) is 14.9 Å². The van der Waals surface area contributed by atoms with Crippen LogP contribution in [0.5, 0.6) is 0 Å². The van der Waals surface area contributed by atoms with E-state index in [-0.39, 0.29) is 23.1 Å². The van der Waals surface area contributed by atoms with Crippen molar-refractivity contribution in [2.75, 3.05) is 10.6 Å². The van der Waals surface area contributed by atoms with Crippen molar-refractivity contribution in [2.45, 2.75) is 13.1 Å². The van der Waals surface area contributed by atoms with E-state index in [0.29, 0.717) is 13.1 Å². The van der Waals surface area contributed by atoms with Crippen LogP contribution >= 0.6 is 0 Å². The smallest absolute Gasteiger partial charge is 0.281 e. The van der Waals surface area contributed by atoms with Crippen LogP contribution < -0.4 is 10.6 Å². The van der Waals surface area contributed by atoms with E-state index < -0.39 is 10.8 Å². The molecule has 1 heterocycles. The number of hydrogen-bond donors (Lipinski definition) is 2. The number of nitrogens with one attached hydrogen (secondary N) is 2. The Labute approximate surface area is 183 Å². The Balaban J connectivity index is 1.60. The molecular weight excluding hydrogens is 408 g/mol. The average molecular weight is 428 g/mol. The van der Waals surface area contributed by atoms with Crippen LogP contribution in [-0.2, 0) is 13.1 Å². The zero-order chi connectivity index (χ0) is 22.3. The van der Waals surface area contributed by atoms with Crippen LogP contribution in [0.15, 0.2) is 84.9 Å². The molecule has 4 aromatic rings. The fourth-order valence-corrected chi connectivity index (χ4v) is 3.07. The van der Waals surface area contributed by atoms with Crippen LogP contribution in [0.4, 0.5) is 17.6 Å². The molecule has 0 fully saturated rings. The Bertz CT molecular complexity index is 1220. The maximum Gasteiger partial charge on any atom is 0.281 e. The van der Waals surface area contributed by atoms with Gasteiger partial charge < -0.3 is 10.6 Å². The fraction of sp³-hybridized carbons (Fsp3) is 0.0870. The molecule has 160 valence electrons. The summed E-state index contributed by atoms with van der Waals surface area (Å²) in [4.78, 5) is 28.1. The van der Waals surface area contributed by atoms with Gasteiger partial charge in [-0.3, -0.25) is 14.9 Å². The normalized spacial score (nSPS) is 10.5. The number of benzene rings is 3. The van der Waals surface area contributed by atoms with Crippen molar-refractivity contribution in [1.82, 2.24) is 14.8 Å². The van der Waals surface area contributed by atoms with Crippen LogP contribution in [0.1, 0.15) is 21.5 Å². The molecule has 32 heavy (non-hydrogen) atoms. The number of carbonyl (C=O) groups excluding carboxylic acids is 1. The maximum absolute atomic E-state index is 13.1. The Morgan fingerprint density at radius 2 is 1.50 bits per heavy atom. The lowest BCUT2D eigenvalue weighted by atomic mass is 10.2. The molecule has 0 amide bonds. The quantitative estimate of drug-likeness (QED) is 0.321. The molecule has 0 atom stereocenters. The number of nitrogens with zero attached hydrogens (tertiary/aromatic N) is 4. The summed E-state index contributed by atoms with van der Waals surface area (Å²) in [6.45, 7) is 0.911. The number of aromatic nitrogens is 3. The van der Waals surface area contributed by atoms with Gasteiger partial charge in [0.05, 0.1) is 4.92 Å². The van der Waals surface area contributed by atoms with E-state index >= 15 is 0 Å². The molecule has 0 aliphatic rings. The van der Waals surface area contributed by atoms with Crippen molar-refractivity contribution in [1.29, 1.82) is 0 Å². The predicted molar refractivity (Wildman–Crippen MR) is 120 cm³/mol. The van der Waals surface area contributed by atoms with Crippen molar-refractivity contribution in [2.24, 2.45) is 0 Å². The molecular formula is C23H20N6O3. The molecule has 0 aliphatic heterocycles. The molecule has 0 unspecified atom stereocenters. The highest BCUT2D eigenvalue weighted by atomic mass is 16.6. The molecule has 2 N–H and O–H groups in total. The lowest BCUT2D eigenvalue weighted by molar-refractivity contribution is -0.384. The number of rotatable bonds is 8. The summed E-state index contributed by atoms with van der Waals surface area (Å²) < 4.78 is 1.12. The predicted octanol–water partition coefficient (Wildman–Crippen LogP) is 4.10. The van der Waals surface area contributed by atoms with E-state index in [0.717, 1.165) is 15.8 Å². The molecule has 0 spiro atoms. The minimum absolute atomic E-state index is 0.140. The van der Waals surface area contributed by atoms with Crippen molar-refractivity contribution in [3.63, 3.8) is 0 Å². The molecule has 0 bridgehead atoms. The van der Waals surface area contributed by atoms with Gasteiger partial charge in [-0.05, 0) is 17.2 Å². The summed E-state index contributed by atoms with van der Waals surface area (Å²) >= 11 is 0. The summed E-state index contributed by atoms with van der Waals surface area (Å²) in [6.07, 6.45) is 0. The fourth-order valence-electron chi connectivity index (χ4n) is 3.07. The third-order valence-corrected chi connectivity index (χ3v) is 4.69. The van der Waals surface area contributed by atoms with Gasteiger partial charge in [-0.1, -0.05) is 66.7 Å². The topological polar surface area (TPSA) is 115 Å². The van der Waals surface area contributed by atoms with Crippen LogP contribution in [0, 0.1) is 10.1 Å². The van der Waals surface area contributed by atoms with Crippen molar-refractivity contribution in [3.05, 3.63) is 112 Å². The van der Waals surface area contributed by atoms with E-state index in [4.69, 9.17) is 0 Å². The molecule has 4 rings (SSSR count). The summed E-state index contributed by atoms with van der Waals surface area (Å²) in [5.74, 6) is -0.0198. The Morgan fingerprint density at radius 1 is 0.875 bits per heavy atom. The minimum atomic E-state index is -0.542. The largest absolute Gasteiger partial charge is 0.350 e. The third-order valence-electron chi connectivity index (χ3n) is 4.69. The van der Waals surface area contributed by atoms with Gasteiger partial charge in [0.15, 0.2) is 0 Å². The monoisotopic (exact) mass is 428 g/mol. The molecule has 0 saturated heterocycles. The lowest BCUT2D eigenvalue weighted by Crippen LogP contribution is -2.17. The zero-order valence-corrected chi connectivity index (χ0v) is 17.0. The number of nitro groups is 1. The number of anilines is 2. The number of nitro benzene ring substituents is 1. The Kier molecular flexibility index (Phi) is 6.17. The van der Waals surface area contributed by atoms with Crippen LogP contribution in [0.3, 0.4) is 0 Å². The highest BCUT2D eigenvalue weighted by Gasteiger charge is 2.20. The lowest BCUT2D eigenvalue weighted by Gasteiger charge is -2.07. The van der Waals surface area contributed by atoms with Gasteiger partial charge >= 0.3 is 0 Å². The first-order valence-electron chi connectivity index (χ1n) is 9.92. The maximum atomic E-state index is 13.1. The first-order valence-corrected chi connectivity index (χ1v) is 9.92. The van der Waals surface area contributed by atoms with Crippen LogP contribution in [0.25, 0.3) is 0 Å². The Morgan fingerprint density at radius 3 is 2.12 bits per heavy atom. The van der Waals surface area contributed by atoms with Gasteiger partial charge in [-0.25, -0.2) is 0 Å². The molecule has 0 aliphatic carbocycles. The van der Waals surface area contributed by atoms with Crippen molar-refractivity contribution < 1.29 is 9.72 Å². The van der Waals surface area contributed by atoms with E-state index in [1.807, 2.05) is 60.7 Å². The highest BCUT2D eigenvalue weighted by Crippen LogP contribution is 2.18. The minimum Gasteiger partial charge on any atom is -0.350 e. The number of non-ortho nitro benzene ring substituents is 1. The van der Waals surface area contributed by atoms with Crippen molar-refractivity contribution >= 4 is 23.5 Å². The van der Waals surface area contributed by atoms with Crippen LogP contribution in [-0.4, -0.2) is 25.6 Å². The standard InChI is InChI=1S/C23H20N6O3/c30-21(19-12-7-13-20(14-19)29(31)32)28-23(25-16-18-10-5-2-6-11-18)26-22(27-28)24-15-17-8-3-1-4-9-17/h1-14H,15-16H2,(H2,24,25,26,27). The second kappa shape index (κ2) is 9.52. The van der Waals surface area contributed by atoms with Gasteiger partial charge in [-0.2, -0.15) is 9.67 Å². The van der Waals surface area contributed by atoms with Gasteiger partial charge in [0.2, 0.25) is 11.9 Å². The highest BCUT2D eigenvalue weighted by molar-refractivity contribution is 5.97. The van der Waals surface area contributed by atoms with E-state index in [1.54, 1.807) is 0 Å². The van der Waals surface area contributed by atoms with Crippen LogP contribution in [0.2, 0.25) is 0 Å². The van der Waals surface area contributed by atoms with Gasteiger partial charge in [0, 0.05) is 30.8 Å². The van der Waals surface area contributed by atoms with Gasteiger partial charge in [-0.15, -0.1) is 5.10 Å². The first-order chi connectivity index (χ1) is 15.6. The van der Waals surface area contributed by atoms with Gasteiger partial charge in [0.25, 0.3) is 11.6 Å². The summed E-state index contributed by atoms with van der Waals surface area (Å²) in [5, 5.41) is 21.6. The third kappa shape index (κ3) is 4.96. The second-order valence-electron chi connectivity index (χ2n) is 6.96.